The zero-order chi connectivity index (χ0) is 10.0. The molecular formula is C7H11N3O3. The molecule has 6 heteroatoms. The molecule has 0 aliphatic heterocycles. The van der Waals surface area contributed by atoms with Crippen LogP contribution in [0.5, 0.6) is 5.75 Å². The number of hydrogen-bond acceptors (Lipinski definition) is 6. The lowest BCUT2D eigenvalue weighted by molar-refractivity contribution is 0.461. The number of nitrogens with one attached hydrogen (secondary N) is 1. The van der Waals surface area contributed by atoms with Gasteiger partial charge in [-0.1, -0.05) is 0 Å². The molecule has 0 amide bonds. The van der Waals surface area contributed by atoms with Gasteiger partial charge in [0.1, 0.15) is 0 Å². The van der Waals surface area contributed by atoms with Crippen molar-refractivity contribution in [1.29, 1.82) is 0 Å². The van der Waals surface area contributed by atoms with Crippen LogP contribution in [0.15, 0.2) is 9.59 Å². The van der Waals surface area contributed by atoms with E-state index in [2.05, 4.69) is 5.32 Å². The first kappa shape index (κ1) is 9.69. The number of hydrazine groups is 1. The monoisotopic (exact) mass is 185 g/mol. The quantitative estimate of drug-likeness (QED) is 0.282. The number of hydrogen-bond donors (Lipinski definition) is 3. The van der Waals surface area contributed by atoms with Gasteiger partial charge in [0.15, 0.2) is 11.4 Å². The van der Waals surface area contributed by atoms with Gasteiger partial charge in [0.05, 0.1) is 0 Å². The summed E-state index contributed by atoms with van der Waals surface area (Å²) in [6.07, 6.45) is 0. The summed E-state index contributed by atoms with van der Waals surface area (Å²) in [5.41, 5.74) is -1.69. The third kappa shape index (κ3) is 1.53. The second-order valence-electron chi connectivity index (χ2n) is 2.65. The Morgan fingerprint density at radius 2 is 2.08 bits per heavy atom. The van der Waals surface area contributed by atoms with Crippen LogP contribution in [0.1, 0.15) is 0 Å². The van der Waals surface area contributed by atoms with E-state index >= 15 is 0 Å². The number of likely N-dealkylation sites (N-methyl/N-ethyl adjacent to an activating group) is 1. The average molecular weight is 185 g/mol. The minimum Gasteiger partial charge on any atom is -0.502 e. The molecule has 6 nitrogen and oxygen atoms in total. The van der Waals surface area contributed by atoms with Gasteiger partial charge in [-0.25, -0.2) is 5.84 Å². The normalized spacial score (nSPS) is 10.6. The Morgan fingerprint density at radius 1 is 1.46 bits per heavy atom. The van der Waals surface area contributed by atoms with Crippen LogP contribution in [0.25, 0.3) is 0 Å². The van der Waals surface area contributed by atoms with Gasteiger partial charge in [-0.15, -0.1) is 0 Å². The summed E-state index contributed by atoms with van der Waals surface area (Å²) in [4.78, 5) is 21.5. The van der Waals surface area contributed by atoms with Crippen molar-refractivity contribution in [1.82, 2.24) is 5.32 Å². The standard InChI is InChI=1S/C7H11N3O3/c1-9-2-3-10(8)4-5(11)7(13)6(4)12/h9,11H,2-3,8H2,1H3. The predicted octanol–water partition coefficient (Wildman–Crippen LogP) is -2.11. The molecule has 0 aliphatic rings. The Bertz CT molecular complexity index is 367. The first-order valence-electron chi connectivity index (χ1n) is 3.78. The summed E-state index contributed by atoms with van der Waals surface area (Å²) >= 11 is 0. The molecule has 0 fully saturated rings. The SMILES string of the molecule is CNCCN(N)c1c(O)c(=O)c1=O. The molecule has 0 aromatic heterocycles. The molecule has 4 N–H and O–H groups in total. The highest BCUT2D eigenvalue weighted by Gasteiger charge is 2.23. The molecule has 13 heavy (non-hydrogen) atoms. The molecule has 72 valence electrons. The Balaban J connectivity index is 2.74. The van der Waals surface area contributed by atoms with Crippen LogP contribution in [0.2, 0.25) is 0 Å². The van der Waals surface area contributed by atoms with Crippen LogP contribution in [0.4, 0.5) is 5.69 Å². The highest BCUT2D eigenvalue weighted by molar-refractivity contribution is 5.61. The van der Waals surface area contributed by atoms with Crippen LogP contribution in [0, 0.1) is 0 Å². The summed E-state index contributed by atoms with van der Waals surface area (Å²) < 4.78 is 0. The Morgan fingerprint density at radius 3 is 2.54 bits per heavy atom. The molecule has 0 aliphatic carbocycles. The minimum absolute atomic E-state index is 0.0970. The number of nitrogens with zero attached hydrogens (tertiary/aromatic N) is 1. The van der Waals surface area contributed by atoms with Crippen molar-refractivity contribution in [3.8, 4) is 5.75 Å². The van der Waals surface area contributed by atoms with Crippen molar-refractivity contribution >= 4 is 5.69 Å². The van der Waals surface area contributed by atoms with Crippen molar-refractivity contribution in [3.05, 3.63) is 20.4 Å². The summed E-state index contributed by atoms with van der Waals surface area (Å²) in [5.74, 6) is 4.87. The topological polar surface area (TPSA) is 95.7 Å². The summed E-state index contributed by atoms with van der Waals surface area (Å²) in [6, 6.07) is 0. The minimum atomic E-state index is -0.866. The maximum atomic E-state index is 10.9. The van der Waals surface area contributed by atoms with Gasteiger partial charge in [-0.3, -0.25) is 9.59 Å². The molecule has 1 aromatic carbocycles. The third-order valence-corrected chi connectivity index (χ3v) is 1.75. The molecule has 0 spiro atoms. The predicted molar refractivity (Wildman–Crippen MR) is 48.5 cm³/mol. The second-order valence-corrected chi connectivity index (χ2v) is 2.65. The Kier molecular flexibility index (Phi) is 2.64. The molecule has 0 unspecified atom stereocenters. The molecule has 0 saturated heterocycles. The average Bonchev–Trinajstić information content (AvgIpc) is 2.14. The van der Waals surface area contributed by atoms with Crippen LogP contribution in [0.3, 0.4) is 0 Å². The van der Waals surface area contributed by atoms with Crippen molar-refractivity contribution in [2.24, 2.45) is 5.84 Å². The molecule has 0 heterocycles. The fraction of sp³-hybridized carbons (Fsp3) is 0.429. The Hall–Kier alpha value is -1.40. The van der Waals surface area contributed by atoms with Crippen LogP contribution in [-0.2, 0) is 0 Å². The van der Waals surface area contributed by atoms with E-state index in [1.807, 2.05) is 0 Å². The highest BCUT2D eigenvalue weighted by Crippen LogP contribution is 2.16. The molecule has 0 atom stereocenters. The lowest BCUT2D eigenvalue weighted by atomic mass is 10.2. The third-order valence-electron chi connectivity index (χ3n) is 1.75. The molecule has 1 aromatic rings. The number of anilines is 1. The van der Waals surface area contributed by atoms with Gasteiger partial charge >= 0.3 is 0 Å². The van der Waals surface area contributed by atoms with E-state index in [9.17, 15) is 9.59 Å². The Labute approximate surface area is 74.2 Å². The van der Waals surface area contributed by atoms with E-state index in [0.29, 0.717) is 13.1 Å². The number of rotatable bonds is 4. The highest BCUT2D eigenvalue weighted by atomic mass is 16.3. The van der Waals surface area contributed by atoms with Gasteiger partial charge in [0, 0.05) is 13.1 Å². The smallest absolute Gasteiger partial charge is 0.271 e. The van der Waals surface area contributed by atoms with Gasteiger partial charge < -0.3 is 15.4 Å². The number of aromatic hydroxyl groups is 1. The van der Waals surface area contributed by atoms with E-state index < -0.39 is 16.6 Å². The van der Waals surface area contributed by atoms with E-state index in [0.717, 1.165) is 5.01 Å². The summed E-state index contributed by atoms with van der Waals surface area (Å²) in [7, 11) is 1.73. The van der Waals surface area contributed by atoms with Gasteiger partial charge in [-0.05, 0) is 7.05 Å². The zero-order valence-electron chi connectivity index (χ0n) is 7.20. The largest absolute Gasteiger partial charge is 0.502 e. The van der Waals surface area contributed by atoms with Crippen LogP contribution in [-0.4, -0.2) is 25.2 Å². The number of nitrogens with two attached hydrogens (primary N) is 1. The van der Waals surface area contributed by atoms with Gasteiger partial charge in [-0.2, -0.15) is 0 Å². The molecule has 1 rings (SSSR count). The first-order valence-corrected chi connectivity index (χ1v) is 3.78. The van der Waals surface area contributed by atoms with Crippen molar-refractivity contribution < 1.29 is 5.11 Å². The van der Waals surface area contributed by atoms with Gasteiger partial charge in [0.25, 0.3) is 10.9 Å². The van der Waals surface area contributed by atoms with Gasteiger partial charge in [0.2, 0.25) is 0 Å². The lowest BCUT2D eigenvalue weighted by Crippen LogP contribution is -2.45. The second kappa shape index (κ2) is 3.55. The fourth-order valence-electron chi connectivity index (χ4n) is 0.978. The maximum absolute atomic E-state index is 10.9. The van der Waals surface area contributed by atoms with E-state index in [4.69, 9.17) is 10.9 Å². The molecule has 0 bridgehead atoms. The maximum Gasteiger partial charge on any atom is 0.271 e. The zero-order valence-corrected chi connectivity index (χ0v) is 7.20. The van der Waals surface area contributed by atoms with Crippen molar-refractivity contribution in [2.45, 2.75) is 0 Å². The van der Waals surface area contributed by atoms with Crippen LogP contribution < -0.4 is 27.0 Å². The van der Waals surface area contributed by atoms with E-state index in [1.165, 1.54) is 0 Å². The lowest BCUT2D eigenvalue weighted by Gasteiger charge is -2.19. The molecule has 0 saturated carbocycles. The summed E-state index contributed by atoms with van der Waals surface area (Å²) in [6.45, 7) is 0.920. The van der Waals surface area contributed by atoms with Crippen molar-refractivity contribution in [2.75, 3.05) is 25.1 Å². The fourth-order valence-corrected chi connectivity index (χ4v) is 0.978. The van der Waals surface area contributed by atoms with E-state index in [-0.39, 0.29) is 5.69 Å². The first-order chi connectivity index (χ1) is 6.09. The van der Waals surface area contributed by atoms with Crippen LogP contribution >= 0.6 is 0 Å². The molecular weight excluding hydrogens is 174 g/mol. The molecule has 0 radical (unpaired) electrons. The van der Waals surface area contributed by atoms with Crippen molar-refractivity contribution in [3.63, 3.8) is 0 Å². The van der Waals surface area contributed by atoms with E-state index in [1.54, 1.807) is 7.05 Å². The summed E-state index contributed by atoms with van der Waals surface area (Å²) in [5, 5.41) is 12.9.